The Labute approximate surface area is 93.7 Å². The molecule has 1 aliphatic carbocycles. The van der Waals surface area contributed by atoms with Crippen molar-refractivity contribution in [3.8, 4) is 6.01 Å². The first-order chi connectivity index (χ1) is 7.86. The topological polar surface area (TPSA) is 47.9 Å². The van der Waals surface area contributed by atoms with Crippen LogP contribution in [0.2, 0.25) is 0 Å². The van der Waals surface area contributed by atoms with Gasteiger partial charge in [-0.05, 0) is 37.3 Å². The van der Waals surface area contributed by atoms with Gasteiger partial charge in [0.15, 0.2) is 5.65 Å². The van der Waals surface area contributed by atoms with E-state index in [4.69, 9.17) is 4.74 Å². The molecule has 0 fully saturated rings. The smallest absolute Gasteiger partial charge is 0.318 e. The number of nitrogens with zero attached hydrogens (tertiary/aromatic N) is 3. The minimum Gasteiger partial charge on any atom is -0.467 e. The molecule has 0 amide bonds. The number of aryl methyl sites for hydroxylation is 2. The molecule has 4 nitrogen and oxygen atoms in total. The van der Waals surface area contributed by atoms with Crippen molar-refractivity contribution < 1.29 is 4.74 Å². The highest BCUT2D eigenvalue weighted by Crippen LogP contribution is 2.23. The summed E-state index contributed by atoms with van der Waals surface area (Å²) >= 11 is 0. The number of methoxy groups -OCH3 is 1. The highest BCUT2D eigenvalue weighted by molar-refractivity contribution is 5.75. The first-order valence-electron chi connectivity index (χ1n) is 5.56. The summed E-state index contributed by atoms with van der Waals surface area (Å²) in [5.74, 6) is 0. The largest absolute Gasteiger partial charge is 0.467 e. The Hall–Kier alpha value is -1.71. The number of ether oxygens (including phenoxy) is 1. The molecule has 0 spiro atoms. The Morgan fingerprint density at radius 3 is 2.94 bits per heavy atom. The number of hydrogen-bond acceptors (Lipinski definition) is 4. The summed E-state index contributed by atoms with van der Waals surface area (Å²) in [4.78, 5) is 13.0. The van der Waals surface area contributed by atoms with Crippen molar-refractivity contribution >= 4 is 11.0 Å². The number of pyridine rings is 1. The molecule has 0 aliphatic heterocycles. The monoisotopic (exact) mass is 215 g/mol. The van der Waals surface area contributed by atoms with Crippen molar-refractivity contribution in [3.05, 3.63) is 23.5 Å². The van der Waals surface area contributed by atoms with Gasteiger partial charge in [-0.2, -0.15) is 4.98 Å². The van der Waals surface area contributed by atoms with Gasteiger partial charge in [-0.3, -0.25) is 0 Å². The Bertz CT molecular complexity index is 539. The zero-order chi connectivity index (χ0) is 11.0. The normalized spacial score (nSPS) is 14.8. The summed E-state index contributed by atoms with van der Waals surface area (Å²) in [5.41, 5.74) is 3.29. The standard InChI is InChI=1S/C12H13N3O/c1-16-12-13-7-9-6-8-4-2-3-5-10(8)14-11(9)15-12/h6-7H,2-5H2,1H3. The van der Waals surface area contributed by atoms with Crippen LogP contribution < -0.4 is 4.74 Å². The van der Waals surface area contributed by atoms with E-state index in [2.05, 4.69) is 21.0 Å². The molecule has 0 N–H and O–H groups in total. The summed E-state index contributed by atoms with van der Waals surface area (Å²) in [6.07, 6.45) is 6.47. The van der Waals surface area contributed by atoms with Gasteiger partial charge in [0.2, 0.25) is 0 Å². The van der Waals surface area contributed by atoms with E-state index in [1.807, 2.05) is 0 Å². The molecule has 4 heteroatoms. The van der Waals surface area contributed by atoms with Crippen LogP contribution in [0.4, 0.5) is 0 Å². The van der Waals surface area contributed by atoms with Gasteiger partial charge in [-0.15, -0.1) is 0 Å². The molecule has 0 unspecified atom stereocenters. The fraction of sp³-hybridized carbons (Fsp3) is 0.417. The zero-order valence-corrected chi connectivity index (χ0v) is 9.23. The second kappa shape index (κ2) is 3.70. The molecule has 1 aliphatic rings. The second-order valence-corrected chi connectivity index (χ2v) is 4.07. The Morgan fingerprint density at radius 2 is 2.06 bits per heavy atom. The predicted octanol–water partition coefficient (Wildman–Crippen LogP) is 1.91. The molecule has 0 saturated carbocycles. The van der Waals surface area contributed by atoms with Crippen LogP contribution in [0.15, 0.2) is 12.3 Å². The maximum absolute atomic E-state index is 5.00. The summed E-state index contributed by atoms with van der Waals surface area (Å²) in [6, 6.07) is 2.55. The Balaban J connectivity index is 2.19. The first-order valence-corrected chi connectivity index (χ1v) is 5.56. The summed E-state index contributed by atoms with van der Waals surface area (Å²) < 4.78 is 5.00. The molecule has 0 aromatic carbocycles. The quantitative estimate of drug-likeness (QED) is 0.729. The van der Waals surface area contributed by atoms with Crippen molar-refractivity contribution in [1.29, 1.82) is 0 Å². The van der Waals surface area contributed by atoms with E-state index in [0.717, 1.165) is 23.9 Å². The van der Waals surface area contributed by atoms with Gasteiger partial charge in [0, 0.05) is 17.3 Å². The van der Waals surface area contributed by atoms with Crippen molar-refractivity contribution in [3.63, 3.8) is 0 Å². The van der Waals surface area contributed by atoms with Gasteiger partial charge in [0.25, 0.3) is 0 Å². The molecule has 82 valence electrons. The molecule has 16 heavy (non-hydrogen) atoms. The van der Waals surface area contributed by atoms with Gasteiger partial charge in [0.05, 0.1) is 7.11 Å². The lowest BCUT2D eigenvalue weighted by Gasteiger charge is -2.14. The lowest BCUT2D eigenvalue weighted by atomic mass is 9.95. The van der Waals surface area contributed by atoms with Crippen molar-refractivity contribution in [1.82, 2.24) is 15.0 Å². The van der Waals surface area contributed by atoms with Gasteiger partial charge in [-0.1, -0.05) is 0 Å². The van der Waals surface area contributed by atoms with Crippen LogP contribution >= 0.6 is 0 Å². The molecule has 2 aromatic heterocycles. The summed E-state index contributed by atoms with van der Waals surface area (Å²) in [7, 11) is 1.57. The van der Waals surface area contributed by atoms with Crippen LogP contribution in [-0.2, 0) is 12.8 Å². The van der Waals surface area contributed by atoms with Crippen LogP contribution in [0.25, 0.3) is 11.0 Å². The molecular weight excluding hydrogens is 202 g/mol. The molecule has 0 atom stereocenters. The van der Waals surface area contributed by atoms with E-state index < -0.39 is 0 Å². The van der Waals surface area contributed by atoms with Gasteiger partial charge in [0.1, 0.15) is 0 Å². The van der Waals surface area contributed by atoms with Crippen LogP contribution in [0.5, 0.6) is 6.01 Å². The van der Waals surface area contributed by atoms with E-state index in [1.165, 1.54) is 24.1 Å². The fourth-order valence-corrected chi connectivity index (χ4v) is 2.17. The van der Waals surface area contributed by atoms with E-state index in [-0.39, 0.29) is 0 Å². The Kier molecular flexibility index (Phi) is 2.20. The van der Waals surface area contributed by atoms with E-state index in [0.29, 0.717) is 6.01 Å². The highest BCUT2D eigenvalue weighted by atomic mass is 16.5. The molecule has 0 saturated heterocycles. The number of aromatic nitrogens is 3. The number of rotatable bonds is 1. The maximum Gasteiger partial charge on any atom is 0.318 e. The lowest BCUT2D eigenvalue weighted by Crippen LogP contribution is -2.06. The van der Waals surface area contributed by atoms with Crippen LogP contribution in [-0.4, -0.2) is 22.1 Å². The lowest BCUT2D eigenvalue weighted by molar-refractivity contribution is 0.381. The minimum absolute atomic E-state index is 0.385. The molecule has 2 aromatic rings. The summed E-state index contributed by atoms with van der Waals surface area (Å²) in [5, 5.41) is 1.00. The molecular formula is C12H13N3O. The number of fused-ring (bicyclic) bond motifs is 2. The van der Waals surface area contributed by atoms with Gasteiger partial charge in [-0.25, -0.2) is 9.97 Å². The Morgan fingerprint density at radius 1 is 1.19 bits per heavy atom. The van der Waals surface area contributed by atoms with Gasteiger partial charge >= 0.3 is 6.01 Å². The van der Waals surface area contributed by atoms with Crippen LogP contribution in [0, 0.1) is 0 Å². The predicted molar refractivity (Wildman–Crippen MR) is 60.5 cm³/mol. The molecule has 2 heterocycles. The average molecular weight is 215 g/mol. The van der Waals surface area contributed by atoms with Crippen molar-refractivity contribution in [2.75, 3.05) is 7.11 Å². The zero-order valence-electron chi connectivity index (χ0n) is 9.23. The van der Waals surface area contributed by atoms with E-state index in [1.54, 1.807) is 13.3 Å². The van der Waals surface area contributed by atoms with Crippen molar-refractivity contribution in [2.24, 2.45) is 0 Å². The van der Waals surface area contributed by atoms with Crippen LogP contribution in [0.3, 0.4) is 0 Å². The fourth-order valence-electron chi connectivity index (χ4n) is 2.17. The highest BCUT2D eigenvalue weighted by Gasteiger charge is 2.12. The molecule has 0 radical (unpaired) electrons. The third-order valence-corrected chi connectivity index (χ3v) is 3.01. The van der Waals surface area contributed by atoms with E-state index >= 15 is 0 Å². The summed E-state index contributed by atoms with van der Waals surface area (Å²) in [6.45, 7) is 0. The number of hydrogen-bond donors (Lipinski definition) is 0. The maximum atomic E-state index is 5.00. The SMILES string of the molecule is COc1ncc2cc3c(nc2n1)CCCC3. The molecule has 3 rings (SSSR count). The second-order valence-electron chi connectivity index (χ2n) is 4.07. The first kappa shape index (κ1) is 9.51. The van der Waals surface area contributed by atoms with E-state index in [9.17, 15) is 0 Å². The average Bonchev–Trinajstić information content (AvgIpc) is 2.35. The van der Waals surface area contributed by atoms with Crippen molar-refractivity contribution in [2.45, 2.75) is 25.7 Å². The van der Waals surface area contributed by atoms with Gasteiger partial charge < -0.3 is 4.74 Å². The third-order valence-electron chi connectivity index (χ3n) is 3.01. The minimum atomic E-state index is 0.385. The molecule has 0 bridgehead atoms. The third kappa shape index (κ3) is 1.50. The van der Waals surface area contributed by atoms with Crippen LogP contribution in [0.1, 0.15) is 24.1 Å².